The highest BCUT2D eigenvalue weighted by Gasteiger charge is 2.50. The van der Waals surface area contributed by atoms with Gasteiger partial charge in [-0.15, -0.1) is 0 Å². The molecule has 0 aromatic rings. The number of aliphatic carboxylic acids is 2. The van der Waals surface area contributed by atoms with E-state index in [2.05, 4.69) is 0 Å². The first-order valence-electron chi connectivity index (χ1n) is 3.73. The Kier molecular flexibility index (Phi) is 3.99. The van der Waals surface area contributed by atoms with Crippen LogP contribution in [0.15, 0.2) is 12.2 Å². The topological polar surface area (TPSA) is 129 Å². The summed E-state index contributed by atoms with van der Waals surface area (Å²) in [4.78, 5) is 21.1. The number of rotatable bonds is 5. The fraction of sp³-hybridized carbons (Fsp3) is 0.429. The maximum absolute atomic E-state index is 10.9. The van der Waals surface area contributed by atoms with E-state index in [0.717, 1.165) is 6.08 Å². The van der Waals surface area contributed by atoms with Gasteiger partial charge in [-0.1, -0.05) is 12.2 Å². The molecule has 0 fully saturated rings. The van der Waals surface area contributed by atoms with Gasteiger partial charge in [0.05, 0.1) is 6.42 Å². The van der Waals surface area contributed by atoms with Crippen molar-refractivity contribution >= 4 is 22.1 Å². The summed E-state index contributed by atoms with van der Waals surface area (Å²) in [7, 11) is -5.05. The molecule has 1 atom stereocenters. The van der Waals surface area contributed by atoms with Crippen LogP contribution in [0.2, 0.25) is 0 Å². The standard InChI is InChI=1S/C7H10O7S/c1-2-3-7(6(10)11,4-5(8)9)15(12,13)14/h2-3H,4H2,1H3,(H,8,9)(H,10,11)(H,12,13,14). The highest BCUT2D eigenvalue weighted by Crippen LogP contribution is 2.23. The van der Waals surface area contributed by atoms with Crippen LogP contribution >= 0.6 is 0 Å². The molecule has 86 valence electrons. The van der Waals surface area contributed by atoms with Crippen LogP contribution in [0.4, 0.5) is 0 Å². The average Bonchev–Trinajstić information content (AvgIpc) is 1.99. The van der Waals surface area contributed by atoms with Gasteiger partial charge in [0, 0.05) is 0 Å². The van der Waals surface area contributed by atoms with Crippen molar-refractivity contribution in [2.75, 3.05) is 0 Å². The summed E-state index contributed by atoms with van der Waals surface area (Å²) in [6.45, 7) is 1.31. The Morgan fingerprint density at radius 2 is 1.80 bits per heavy atom. The zero-order valence-corrected chi connectivity index (χ0v) is 8.56. The SMILES string of the molecule is CC=CC(CC(=O)O)(C(=O)O)S(=O)(=O)O. The molecule has 0 spiro atoms. The number of allylic oxidation sites excluding steroid dienone is 1. The Hall–Kier alpha value is -1.41. The van der Waals surface area contributed by atoms with Gasteiger partial charge in [0.2, 0.25) is 4.75 Å². The van der Waals surface area contributed by atoms with Crippen LogP contribution in [0.3, 0.4) is 0 Å². The van der Waals surface area contributed by atoms with Crippen LogP contribution in [0.25, 0.3) is 0 Å². The first-order chi connectivity index (χ1) is 6.67. The van der Waals surface area contributed by atoms with E-state index in [-0.39, 0.29) is 0 Å². The minimum atomic E-state index is -5.05. The summed E-state index contributed by atoms with van der Waals surface area (Å²) in [5.41, 5.74) is 0. The smallest absolute Gasteiger partial charge is 0.332 e. The Morgan fingerprint density at radius 3 is 2.00 bits per heavy atom. The van der Waals surface area contributed by atoms with Gasteiger partial charge in [-0.05, 0) is 6.92 Å². The highest BCUT2D eigenvalue weighted by atomic mass is 32.2. The summed E-state index contributed by atoms with van der Waals surface area (Å²) in [6, 6.07) is 0. The Labute approximate surface area is 85.8 Å². The number of carboxylic acids is 2. The lowest BCUT2D eigenvalue weighted by atomic mass is 10.0. The molecule has 0 bridgehead atoms. The normalized spacial score (nSPS) is 16.1. The summed E-state index contributed by atoms with van der Waals surface area (Å²) in [5, 5.41) is 17.1. The van der Waals surface area contributed by atoms with Gasteiger partial charge in [-0.25, -0.2) is 0 Å². The fourth-order valence-corrected chi connectivity index (χ4v) is 1.82. The lowest BCUT2D eigenvalue weighted by Gasteiger charge is -2.20. The molecule has 0 aromatic carbocycles. The molecule has 3 N–H and O–H groups in total. The molecule has 0 saturated heterocycles. The van der Waals surface area contributed by atoms with E-state index in [1.165, 1.54) is 6.92 Å². The summed E-state index contributed by atoms with van der Waals surface area (Å²) >= 11 is 0. The lowest BCUT2D eigenvalue weighted by Crippen LogP contribution is -2.46. The van der Waals surface area contributed by atoms with Crippen LogP contribution in [-0.2, 0) is 19.7 Å². The molecule has 7 nitrogen and oxygen atoms in total. The van der Waals surface area contributed by atoms with Gasteiger partial charge < -0.3 is 10.2 Å². The molecule has 1 unspecified atom stereocenters. The van der Waals surface area contributed by atoms with Gasteiger partial charge in [-0.3, -0.25) is 14.1 Å². The second-order valence-electron chi connectivity index (χ2n) is 2.74. The molecule has 0 heterocycles. The second-order valence-corrected chi connectivity index (χ2v) is 4.42. The molecular weight excluding hydrogens is 228 g/mol. The molecule has 0 amide bonds. The molecule has 0 saturated carbocycles. The number of carboxylic acid groups (broad SMARTS) is 2. The minimum Gasteiger partial charge on any atom is -0.481 e. The molecule has 0 aromatic heterocycles. The van der Waals surface area contributed by atoms with Crippen molar-refractivity contribution in [3.05, 3.63) is 12.2 Å². The van der Waals surface area contributed by atoms with Crippen LogP contribution in [0.1, 0.15) is 13.3 Å². The molecule has 0 aliphatic carbocycles. The second kappa shape index (κ2) is 4.41. The lowest BCUT2D eigenvalue weighted by molar-refractivity contribution is -0.145. The summed E-state index contributed by atoms with van der Waals surface area (Å²) < 4.78 is 27.7. The molecular formula is C7H10O7S. The Balaban J connectivity index is 5.70. The van der Waals surface area contributed by atoms with E-state index >= 15 is 0 Å². The fourth-order valence-electron chi connectivity index (χ4n) is 0.987. The molecule has 15 heavy (non-hydrogen) atoms. The first kappa shape index (κ1) is 13.6. The zero-order chi connectivity index (χ0) is 12.3. The number of hydrogen-bond acceptors (Lipinski definition) is 4. The maximum Gasteiger partial charge on any atom is 0.332 e. The molecule has 0 radical (unpaired) electrons. The van der Waals surface area contributed by atoms with E-state index in [0.29, 0.717) is 6.08 Å². The van der Waals surface area contributed by atoms with E-state index in [1.54, 1.807) is 0 Å². The zero-order valence-electron chi connectivity index (χ0n) is 7.74. The predicted molar refractivity (Wildman–Crippen MR) is 49.0 cm³/mol. The van der Waals surface area contributed by atoms with Gasteiger partial charge in [-0.2, -0.15) is 8.42 Å². The van der Waals surface area contributed by atoms with Crippen molar-refractivity contribution in [3.8, 4) is 0 Å². The third kappa shape index (κ3) is 2.77. The van der Waals surface area contributed by atoms with E-state index in [4.69, 9.17) is 14.8 Å². The van der Waals surface area contributed by atoms with E-state index in [9.17, 15) is 18.0 Å². The van der Waals surface area contributed by atoms with Crippen molar-refractivity contribution in [2.45, 2.75) is 18.1 Å². The number of carbonyl (C=O) groups is 2. The van der Waals surface area contributed by atoms with Gasteiger partial charge in [0.1, 0.15) is 0 Å². The van der Waals surface area contributed by atoms with Crippen molar-refractivity contribution in [1.82, 2.24) is 0 Å². The van der Waals surface area contributed by atoms with Crippen molar-refractivity contribution in [3.63, 3.8) is 0 Å². The van der Waals surface area contributed by atoms with Crippen LogP contribution in [0, 0.1) is 0 Å². The quantitative estimate of drug-likeness (QED) is 0.444. The van der Waals surface area contributed by atoms with Gasteiger partial charge in [0.15, 0.2) is 0 Å². The first-order valence-corrected chi connectivity index (χ1v) is 5.17. The number of hydrogen-bond donors (Lipinski definition) is 3. The summed E-state index contributed by atoms with van der Waals surface area (Å²) in [6.07, 6.45) is 0.426. The monoisotopic (exact) mass is 238 g/mol. The van der Waals surface area contributed by atoms with E-state index in [1.807, 2.05) is 0 Å². The Bertz CT molecular complexity index is 394. The maximum atomic E-state index is 10.9. The largest absolute Gasteiger partial charge is 0.481 e. The molecule has 0 aliphatic heterocycles. The predicted octanol–water partition coefficient (Wildman–Crippen LogP) is -0.252. The summed E-state index contributed by atoms with van der Waals surface area (Å²) in [5.74, 6) is -3.58. The van der Waals surface area contributed by atoms with Crippen LogP contribution in [0.5, 0.6) is 0 Å². The minimum absolute atomic E-state index is 0.624. The van der Waals surface area contributed by atoms with Crippen LogP contribution in [-0.4, -0.2) is 39.9 Å². The van der Waals surface area contributed by atoms with Crippen molar-refractivity contribution < 1.29 is 32.8 Å². The van der Waals surface area contributed by atoms with Crippen molar-refractivity contribution in [1.29, 1.82) is 0 Å². The van der Waals surface area contributed by atoms with E-state index < -0.39 is 33.2 Å². The van der Waals surface area contributed by atoms with Crippen LogP contribution < -0.4 is 0 Å². The molecule has 0 aliphatic rings. The molecule has 8 heteroatoms. The average molecular weight is 238 g/mol. The highest BCUT2D eigenvalue weighted by molar-refractivity contribution is 7.88. The Morgan fingerprint density at radius 1 is 1.33 bits per heavy atom. The molecule has 0 rings (SSSR count). The van der Waals surface area contributed by atoms with Gasteiger partial charge >= 0.3 is 11.9 Å². The van der Waals surface area contributed by atoms with Gasteiger partial charge in [0.25, 0.3) is 10.1 Å². The third-order valence-electron chi connectivity index (χ3n) is 1.67. The van der Waals surface area contributed by atoms with Crippen molar-refractivity contribution in [2.24, 2.45) is 0 Å². The third-order valence-corrected chi connectivity index (χ3v) is 3.05.